The monoisotopic (exact) mass is 1830 g/mol. The Morgan fingerprint density at radius 2 is 0.699 bits per heavy atom. The summed E-state index contributed by atoms with van der Waals surface area (Å²) in [6, 6.07) is 129. The van der Waals surface area contributed by atoms with Gasteiger partial charge >= 0.3 is 21.1 Å². The van der Waals surface area contributed by atoms with Gasteiger partial charge in [0.05, 0.1) is 44.8 Å². The molecule has 12 nitrogen and oxygen atoms in total. The fourth-order valence-electron chi connectivity index (χ4n) is 16.7. The van der Waals surface area contributed by atoms with Crippen molar-refractivity contribution in [2.75, 3.05) is 15.1 Å². The van der Waals surface area contributed by atoms with Crippen molar-refractivity contribution in [3.8, 4) is 51.2 Å². The molecule has 0 atom stereocenters. The topological polar surface area (TPSA) is 111 Å². The number of hydrogen-bond acceptors (Lipinski definition) is 9. The van der Waals surface area contributed by atoms with Gasteiger partial charge in [0.15, 0.2) is 0 Å². The molecule has 0 saturated carbocycles. The third-order valence-electron chi connectivity index (χ3n) is 22.3. The van der Waals surface area contributed by atoms with Gasteiger partial charge in [0, 0.05) is 103 Å². The Kier molecular flexibility index (Phi) is 21.6. The summed E-state index contributed by atoms with van der Waals surface area (Å²) in [5.41, 5.74) is 28.1. The summed E-state index contributed by atoms with van der Waals surface area (Å²) in [6.07, 6.45) is 24.0. The summed E-state index contributed by atoms with van der Waals surface area (Å²) in [5.74, 6) is 2.71. The number of rotatable bonds is 8. The Labute approximate surface area is 735 Å². The molecule has 588 valence electrons. The van der Waals surface area contributed by atoms with Gasteiger partial charge in [-0.1, -0.05) is 265 Å². The number of fused-ring (bicyclic) bond motifs is 15. The minimum absolute atomic E-state index is 0. The number of anilines is 8. The van der Waals surface area contributed by atoms with Crippen LogP contribution in [0.15, 0.2) is 394 Å². The van der Waals surface area contributed by atoms with Crippen LogP contribution in [-0.4, -0.2) is 43.6 Å². The summed E-state index contributed by atoms with van der Waals surface area (Å²) in [7, 11) is 0. The number of aromatic nitrogens is 9. The molecule has 12 heterocycles. The molecule has 123 heavy (non-hydrogen) atoms. The molecule has 0 amide bonds. The van der Waals surface area contributed by atoms with Crippen molar-refractivity contribution in [2.24, 2.45) is 0 Å². The molecule has 24 rings (SSSR count). The maximum Gasteiger partial charge on any atom is 2.00 e. The van der Waals surface area contributed by atoms with Crippen molar-refractivity contribution in [2.45, 2.75) is 7.43 Å². The van der Waals surface area contributed by atoms with Crippen LogP contribution in [0.4, 0.5) is 45.5 Å². The number of pyridine rings is 6. The van der Waals surface area contributed by atoms with Crippen molar-refractivity contribution < 1.29 is 21.1 Å². The van der Waals surface area contributed by atoms with Gasteiger partial charge in [-0.2, -0.15) is 6.07 Å². The first-order valence-electron chi connectivity index (χ1n) is 40.1. The number of para-hydroxylation sites is 6. The molecule has 0 aliphatic carbocycles. The second-order valence-electron chi connectivity index (χ2n) is 29.5. The van der Waals surface area contributed by atoms with Gasteiger partial charge in [-0.25, -0.2) is 15.0 Å². The van der Waals surface area contributed by atoms with E-state index in [9.17, 15) is 0 Å². The SMILES string of the molecule is Brc1ccc2c3ccccc3n(-c3ccccn3)c2c1.C.C1=Cc2ccc(-c3ccccn3)cc2N(c2ccc3c4ccccc4n(-c4ccccn4)c3c2)c2ccccc21.C1=Cc2ccc(-c3ccccn3)cc2Nc2ccccc21.[Pt+2].[c-]1c(-c2ccccn2)ccc2c1N(c1[c-]c3c(cc1)c1ccccc1n3-c1ccccn1)c1ccccc1C=C2. The van der Waals surface area contributed by atoms with Crippen LogP contribution >= 0.6 is 15.9 Å². The predicted octanol–water partition coefficient (Wildman–Crippen LogP) is 28.5. The van der Waals surface area contributed by atoms with Gasteiger partial charge in [-0.3, -0.25) is 19.1 Å². The molecule has 0 fully saturated rings. The van der Waals surface area contributed by atoms with Crippen LogP contribution in [0.5, 0.6) is 0 Å². The molecule has 3 aliphatic rings. The fourth-order valence-corrected chi connectivity index (χ4v) is 17.0. The second-order valence-corrected chi connectivity index (χ2v) is 30.4. The summed E-state index contributed by atoms with van der Waals surface area (Å²) >= 11 is 3.56. The fraction of sp³-hybridized carbons (Fsp3) is 0.00917. The summed E-state index contributed by atoms with van der Waals surface area (Å²) in [6.45, 7) is 0. The Balaban J connectivity index is 0.000000112. The number of nitrogens with one attached hydrogen (secondary N) is 1. The van der Waals surface area contributed by atoms with Gasteiger partial charge in [0.2, 0.25) is 0 Å². The molecule has 21 aromatic rings. The Morgan fingerprint density at radius 3 is 1.28 bits per heavy atom. The Hall–Kier alpha value is -15.3. The predicted molar refractivity (Wildman–Crippen MR) is 510 cm³/mol. The number of hydrogen-bond donors (Lipinski definition) is 1. The number of benzene rings is 12. The first kappa shape index (κ1) is 77.6. The molecular weight excluding hydrogens is 1750 g/mol. The average Bonchev–Trinajstić information content (AvgIpc) is 1.60. The molecule has 3 aliphatic heterocycles. The van der Waals surface area contributed by atoms with E-state index >= 15 is 0 Å². The van der Waals surface area contributed by atoms with Crippen molar-refractivity contribution in [1.82, 2.24) is 43.6 Å². The zero-order valence-corrected chi connectivity index (χ0v) is 69.4. The van der Waals surface area contributed by atoms with Crippen LogP contribution < -0.4 is 15.1 Å². The molecule has 0 saturated heterocycles. The van der Waals surface area contributed by atoms with Gasteiger partial charge in [0.25, 0.3) is 0 Å². The third-order valence-corrected chi connectivity index (χ3v) is 22.8. The zero-order valence-electron chi connectivity index (χ0n) is 65.5. The number of halogens is 1. The van der Waals surface area contributed by atoms with Crippen molar-refractivity contribution in [1.29, 1.82) is 0 Å². The molecule has 14 heteroatoms. The van der Waals surface area contributed by atoms with E-state index in [1.54, 1.807) is 0 Å². The van der Waals surface area contributed by atoms with E-state index in [4.69, 9.17) is 9.97 Å². The first-order chi connectivity index (χ1) is 59.9. The van der Waals surface area contributed by atoms with Crippen molar-refractivity contribution in [3.63, 3.8) is 0 Å². The van der Waals surface area contributed by atoms with Crippen LogP contribution in [0.1, 0.15) is 40.8 Å². The largest absolute Gasteiger partial charge is 2.00 e. The van der Waals surface area contributed by atoms with E-state index in [1.807, 2.05) is 140 Å². The molecule has 0 spiro atoms. The van der Waals surface area contributed by atoms with E-state index in [-0.39, 0.29) is 28.5 Å². The van der Waals surface area contributed by atoms with Crippen LogP contribution in [0.25, 0.3) is 153 Å². The normalized spacial score (nSPS) is 11.9. The molecule has 12 aromatic carbocycles. The average molecular weight is 1830 g/mol. The molecule has 9 aromatic heterocycles. The summed E-state index contributed by atoms with van der Waals surface area (Å²) in [4.78, 5) is 32.2. The molecule has 0 unspecified atom stereocenters. The third kappa shape index (κ3) is 15.0. The maximum atomic E-state index is 4.73. The molecule has 1 N–H and O–H groups in total. The van der Waals surface area contributed by atoms with E-state index < -0.39 is 0 Å². The Morgan fingerprint density at radius 1 is 0.276 bits per heavy atom. The smallest absolute Gasteiger partial charge is 0.355 e. The van der Waals surface area contributed by atoms with Crippen LogP contribution in [0.2, 0.25) is 0 Å². The van der Waals surface area contributed by atoms with Crippen LogP contribution in [0, 0.1) is 12.1 Å². The molecule has 0 bridgehead atoms. The number of nitrogens with zero attached hydrogens (tertiary/aromatic N) is 11. The maximum absolute atomic E-state index is 4.73. The summed E-state index contributed by atoms with van der Waals surface area (Å²) in [5, 5.41) is 10.7. The quantitative estimate of drug-likeness (QED) is 0.149. The molecule has 0 radical (unpaired) electrons. The summed E-state index contributed by atoms with van der Waals surface area (Å²) < 4.78 is 7.74. The van der Waals surface area contributed by atoms with E-state index in [1.165, 1.54) is 54.7 Å². The minimum atomic E-state index is 0. The van der Waals surface area contributed by atoms with Crippen molar-refractivity contribution >= 4 is 163 Å². The van der Waals surface area contributed by atoms with Gasteiger partial charge in [-0.15, -0.1) is 41.3 Å². The van der Waals surface area contributed by atoms with Gasteiger partial charge < -0.3 is 24.7 Å². The van der Waals surface area contributed by atoms with Crippen LogP contribution in [-0.2, 0) is 21.1 Å². The molecular formula is C109H75BrN12Pt. The van der Waals surface area contributed by atoms with Crippen molar-refractivity contribution in [3.05, 3.63) is 439 Å². The van der Waals surface area contributed by atoms with Crippen LogP contribution in [0.3, 0.4) is 0 Å². The minimum Gasteiger partial charge on any atom is -0.355 e. The van der Waals surface area contributed by atoms with Gasteiger partial charge in [-0.05, 0) is 184 Å². The standard InChI is InChI=1S/C36H24N4.C36H22N4.C19H14N2.C17H11BrN2.CH4.Pt/c2*1-3-12-32-25(9-1)15-16-26-17-18-27(31-11-5-7-21-37-31)23-34(26)39(32)28-19-20-30-29-10-2-4-13-33(29)40(35(30)24-28)36-14-6-8-22-38-36;1-2-7-18-14(5-1)8-9-15-10-11-16(13-19(15)21-18)17-6-3-4-12-20-17;18-12-8-9-14-13-5-1-2-6-15(13)20(16(14)11-12)17-7-3-4-10-19-17;;/h1-24H;1-22H;1-13,21H;1-11H;1H4;/q;-2;;;;+2. The first-order valence-corrected chi connectivity index (χ1v) is 40.9. The van der Waals surface area contributed by atoms with Gasteiger partial charge in [0.1, 0.15) is 17.5 Å². The zero-order chi connectivity index (χ0) is 80.5. The Bertz CT molecular complexity index is 7280. The van der Waals surface area contributed by atoms with E-state index in [0.717, 1.165) is 145 Å². The second kappa shape index (κ2) is 34.2. The van der Waals surface area contributed by atoms with E-state index in [0.29, 0.717) is 0 Å². The van der Waals surface area contributed by atoms with E-state index in [2.05, 4.69) is 362 Å².